The molecule has 1 saturated heterocycles. The van der Waals surface area contributed by atoms with Crippen molar-refractivity contribution in [1.29, 1.82) is 0 Å². The van der Waals surface area contributed by atoms with Crippen LogP contribution in [0.15, 0.2) is 0 Å². The number of carbonyl (C=O) groups is 2. The van der Waals surface area contributed by atoms with E-state index in [1.54, 1.807) is 0 Å². The van der Waals surface area contributed by atoms with E-state index in [-0.39, 0.29) is 17.9 Å². The van der Waals surface area contributed by atoms with Crippen LogP contribution in [0, 0.1) is 5.92 Å². The number of rotatable bonds is 2. The Morgan fingerprint density at radius 1 is 1.25 bits per heavy atom. The second-order valence-corrected chi connectivity index (χ2v) is 4.90. The third-order valence-electron chi connectivity index (χ3n) is 3.80. The van der Waals surface area contributed by atoms with Crippen LogP contribution in [0.3, 0.4) is 0 Å². The number of amides is 1. The van der Waals surface area contributed by atoms with Crippen molar-refractivity contribution in [2.75, 3.05) is 6.54 Å². The van der Waals surface area contributed by atoms with E-state index in [1.165, 1.54) is 0 Å². The maximum atomic E-state index is 11.7. The summed E-state index contributed by atoms with van der Waals surface area (Å²) < 4.78 is 0. The van der Waals surface area contributed by atoms with E-state index >= 15 is 0 Å². The van der Waals surface area contributed by atoms with E-state index in [4.69, 9.17) is 5.11 Å². The third-order valence-corrected chi connectivity index (χ3v) is 3.80. The minimum absolute atomic E-state index is 0.183. The normalized spacial score (nSPS) is 31.5. The van der Waals surface area contributed by atoms with E-state index in [9.17, 15) is 9.59 Å². The molecule has 2 atom stereocenters. The highest BCUT2D eigenvalue weighted by Crippen LogP contribution is 2.29. The summed E-state index contributed by atoms with van der Waals surface area (Å²) in [7, 11) is 0. The van der Waals surface area contributed by atoms with Gasteiger partial charge in [-0.1, -0.05) is 6.42 Å². The highest BCUT2D eigenvalue weighted by molar-refractivity contribution is 5.77. The fourth-order valence-corrected chi connectivity index (χ4v) is 2.88. The number of aliphatic carboxylic acids is 1. The SMILES string of the molecule is O=C(O)C1CCCC(N2CCCCC2=O)C1. The maximum Gasteiger partial charge on any atom is 0.306 e. The number of carboxylic acids is 1. The maximum absolute atomic E-state index is 11.7. The number of likely N-dealkylation sites (tertiary alicyclic amines) is 1. The first-order valence-electron chi connectivity index (χ1n) is 6.21. The minimum atomic E-state index is -0.700. The first-order chi connectivity index (χ1) is 7.68. The van der Waals surface area contributed by atoms with Crippen LogP contribution in [0.1, 0.15) is 44.9 Å². The van der Waals surface area contributed by atoms with Gasteiger partial charge in [-0.3, -0.25) is 9.59 Å². The van der Waals surface area contributed by atoms with Gasteiger partial charge in [-0.15, -0.1) is 0 Å². The molecule has 1 aliphatic carbocycles. The Bertz CT molecular complexity index is 290. The van der Waals surface area contributed by atoms with Gasteiger partial charge >= 0.3 is 5.97 Å². The van der Waals surface area contributed by atoms with E-state index in [0.717, 1.165) is 38.6 Å². The third kappa shape index (κ3) is 2.36. The second kappa shape index (κ2) is 4.85. The van der Waals surface area contributed by atoms with Crippen LogP contribution in [0.2, 0.25) is 0 Å². The Balaban J connectivity index is 1.97. The summed E-state index contributed by atoms with van der Waals surface area (Å²) in [5.41, 5.74) is 0. The first-order valence-corrected chi connectivity index (χ1v) is 6.21. The summed E-state index contributed by atoms with van der Waals surface area (Å²) in [5.74, 6) is -0.718. The lowest BCUT2D eigenvalue weighted by molar-refractivity contribution is -0.146. The zero-order valence-electron chi connectivity index (χ0n) is 9.52. The van der Waals surface area contributed by atoms with Crippen LogP contribution >= 0.6 is 0 Å². The zero-order valence-corrected chi connectivity index (χ0v) is 9.52. The average Bonchev–Trinajstić information content (AvgIpc) is 2.30. The molecule has 1 heterocycles. The molecule has 1 amide bonds. The van der Waals surface area contributed by atoms with Crippen molar-refractivity contribution >= 4 is 11.9 Å². The molecular formula is C12H19NO3. The fourth-order valence-electron chi connectivity index (χ4n) is 2.88. The number of hydrogen-bond donors (Lipinski definition) is 1. The predicted octanol–water partition coefficient (Wildman–Crippen LogP) is 1.64. The topological polar surface area (TPSA) is 57.6 Å². The number of hydrogen-bond acceptors (Lipinski definition) is 2. The standard InChI is InChI=1S/C12H19NO3/c14-11-6-1-2-7-13(11)10-5-3-4-9(8-10)12(15)16/h9-10H,1-8H2,(H,15,16). The van der Waals surface area contributed by atoms with Gasteiger partial charge in [-0.2, -0.15) is 0 Å². The van der Waals surface area contributed by atoms with Gasteiger partial charge in [0, 0.05) is 19.0 Å². The van der Waals surface area contributed by atoms with Crippen molar-refractivity contribution in [2.45, 2.75) is 51.0 Å². The Hall–Kier alpha value is -1.06. The van der Waals surface area contributed by atoms with Crippen molar-refractivity contribution in [1.82, 2.24) is 4.90 Å². The van der Waals surface area contributed by atoms with Crippen LogP contribution in [0.4, 0.5) is 0 Å². The molecule has 2 rings (SSSR count). The molecule has 2 fully saturated rings. The van der Waals surface area contributed by atoms with E-state index in [1.807, 2.05) is 4.90 Å². The van der Waals surface area contributed by atoms with Gasteiger partial charge in [-0.05, 0) is 32.1 Å². The molecule has 4 heteroatoms. The second-order valence-electron chi connectivity index (χ2n) is 4.90. The van der Waals surface area contributed by atoms with Crippen LogP contribution in [0.5, 0.6) is 0 Å². The van der Waals surface area contributed by atoms with E-state index < -0.39 is 5.97 Å². The van der Waals surface area contributed by atoms with E-state index in [2.05, 4.69) is 0 Å². The molecule has 1 saturated carbocycles. The summed E-state index contributed by atoms with van der Waals surface area (Å²) in [4.78, 5) is 24.6. The fraction of sp³-hybridized carbons (Fsp3) is 0.833. The molecule has 0 spiro atoms. The molecule has 2 unspecified atom stereocenters. The van der Waals surface area contributed by atoms with Crippen molar-refractivity contribution in [3.05, 3.63) is 0 Å². The van der Waals surface area contributed by atoms with Crippen molar-refractivity contribution < 1.29 is 14.7 Å². The van der Waals surface area contributed by atoms with Crippen LogP contribution < -0.4 is 0 Å². The molecule has 0 radical (unpaired) electrons. The summed E-state index contributed by atoms with van der Waals surface area (Å²) >= 11 is 0. The Morgan fingerprint density at radius 3 is 2.75 bits per heavy atom. The first kappa shape index (κ1) is 11.4. The van der Waals surface area contributed by atoms with Gasteiger partial charge in [0.05, 0.1) is 5.92 Å². The smallest absolute Gasteiger partial charge is 0.306 e. The van der Waals surface area contributed by atoms with Crippen LogP contribution in [0.25, 0.3) is 0 Å². The molecule has 1 N–H and O–H groups in total. The lowest BCUT2D eigenvalue weighted by Gasteiger charge is -2.38. The van der Waals surface area contributed by atoms with Gasteiger partial charge < -0.3 is 10.0 Å². The molecule has 0 bridgehead atoms. The molecule has 2 aliphatic rings. The molecule has 0 aromatic heterocycles. The van der Waals surface area contributed by atoms with Crippen LogP contribution in [-0.2, 0) is 9.59 Å². The number of carboxylic acid groups (broad SMARTS) is 1. The average molecular weight is 225 g/mol. The summed E-state index contributed by atoms with van der Waals surface area (Å²) in [6, 6.07) is 0.183. The summed E-state index contributed by atoms with van der Waals surface area (Å²) in [6.07, 6.45) is 6.05. The van der Waals surface area contributed by atoms with Gasteiger partial charge in [-0.25, -0.2) is 0 Å². The largest absolute Gasteiger partial charge is 0.481 e. The Labute approximate surface area is 95.6 Å². The Kier molecular flexibility index (Phi) is 3.46. The van der Waals surface area contributed by atoms with Gasteiger partial charge in [0.2, 0.25) is 5.91 Å². The monoisotopic (exact) mass is 225 g/mol. The Morgan fingerprint density at radius 2 is 2.06 bits per heavy atom. The molecule has 16 heavy (non-hydrogen) atoms. The number of piperidine rings is 1. The highest BCUT2D eigenvalue weighted by Gasteiger charge is 2.33. The van der Waals surface area contributed by atoms with Gasteiger partial charge in [0.25, 0.3) is 0 Å². The van der Waals surface area contributed by atoms with Crippen LogP contribution in [-0.4, -0.2) is 34.5 Å². The molecular weight excluding hydrogens is 206 g/mol. The quantitative estimate of drug-likeness (QED) is 0.777. The summed E-state index contributed by atoms with van der Waals surface area (Å²) in [5, 5.41) is 9.02. The predicted molar refractivity (Wildman–Crippen MR) is 58.9 cm³/mol. The van der Waals surface area contributed by atoms with Gasteiger partial charge in [0.15, 0.2) is 0 Å². The van der Waals surface area contributed by atoms with Crippen molar-refractivity contribution in [2.24, 2.45) is 5.92 Å². The van der Waals surface area contributed by atoms with Crippen molar-refractivity contribution in [3.8, 4) is 0 Å². The molecule has 0 aromatic carbocycles. The lowest BCUT2D eigenvalue weighted by atomic mass is 9.84. The van der Waals surface area contributed by atoms with Crippen molar-refractivity contribution in [3.63, 3.8) is 0 Å². The molecule has 90 valence electrons. The summed E-state index contributed by atoms with van der Waals surface area (Å²) in [6.45, 7) is 0.829. The number of carbonyl (C=O) groups excluding carboxylic acids is 1. The number of nitrogens with zero attached hydrogens (tertiary/aromatic N) is 1. The molecule has 4 nitrogen and oxygen atoms in total. The minimum Gasteiger partial charge on any atom is -0.481 e. The molecule has 0 aromatic rings. The van der Waals surface area contributed by atoms with Gasteiger partial charge in [0.1, 0.15) is 0 Å². The lowest BCUT2D eigenvalue weighted by Crippen LogP contribution is -2.46. The van der Waals surface area contributed by atoms with E-state index in [0.29, 0.717) is 12.8 Å². The molecule has 1 aliphatic heterocycles. The zero-order chi connectivity index (χ0) is 11.5. The highest BCUT2D eigenvalue weighted by atomic mass is 16.4.